The lowest BCUT2D eigenvalue weighted by Gasteiger charge is -2.14. The van der Waals surface area contributed by atoms with E-state index in [9.17, 15) is 0 Å². The predicted octanol–water partition coefficient (Wildman–Crippen LogP) is 4.48. The third kappa shape index (κ3) is 3.55. The van der Waals surface area contributed by atoms with Gasteiger partial charge in [-0.1, -0.05) is 32.0 Å². The predicted molar refractivity (Wildman–Crippen MR) is 75.1 cm³/mol. The van der Waals surface area contributed by atoms with Crippen LogP contribution in [0, 0.1) is 0 Å². The highest BCUT2D eigenvalue weighted by Crippen LogP contribution is 2.31. The number of hydrogen-bond donors (Lipinski definition) is 0. The molecule has 0 aliphatic carbocycles. The molecule has 4 nitrogen and oxygen atoms in total. The lowest BCUT2D eigenvalue weighted by atomic mass is 9.98. The molecule has 2 aromatic rings. The van der Waals surface area contributed by atoms with Crippen molar-refractivity contribution in [2.45, 2.75) is 26.2 Å². The number of halogens is 2. The van der Waals surface area contributed by atoms with Crippen LogP contribution in [-0.4, -0.2) is 15.0 Å². The first kappa shape index (κ1) is 14.0. The van der Waals surface area contributed by atoms with Crippen molar-refractivity contribution in [2.24, 2.45) is 0 Å². The fourth-order valence-corrected chi connectivity index (χ4v) is 2.00. The molecule has 0 aliphatic rings. The van der Waals surface area contributed by atoms with Crippen LogP contribution in [0.3, 0.4) is 0 Å². The van der Waals surface area contributed by atoms with Crippen LogP contribution in [0.4, 0.5) is 0 Å². The van der Waals surface area contributed by atoms with Crippen molar-refractivity contribution in [2.75, 3.05) is 0 Å². The summed E-state index contributed by atoms with van der Waals surface area (Å²) in [6.45, 7) is 4.26. The summed E-state index contributed by atoms with van der Waals surface area (Å²) in [5.41, 5.74) is 1.10. The van der Waals surface area contributed by atoms with E-state index in [0.29, 0.717) is 11.7 Å². The van der Waals surface area contributed by atoms with Crippen LogP contribution in [0.15, 0.2) is 24.3 Å². The minimum atomic E-state index is 0.0102. The van der Waals surface area contributed by atoms with Gasteiger partial charge in [0.2, 0.25) is 10.6 Å². The van der Waals surface area contributed by atoms with Gasteiger partial charge in [-0.05, 0) is 47.2 Å². The van der Waals surface area contributed by atoms with E-state index in [1.54, 1.807) is 0 Å². The van der Waals surface area contributed by atoms with Crippen molar-refractivity contribution in [1.29, 1.82) is 0 Å². The summed E-state index contributed by atoms with van der Waals surface area (Å²) in [6, 6.07) is 7.86. The van der Waals surface area contributed by atoms with Crippen molar-refractivity contribution in [3.8, 4) is 11.8 Å². The molecule has 1 unspecified atom stereocenters. The average Bonchev–Trinajstić information content (AvgIpc) is 2.37. The van der Waals surface area contributed by atoms with E-state index in [1.165, 1.54) is 0 Å². The number of para-hydroxylation sites is 1. The molecule has 0 fully saturated rings. The second-order valence-corrected chi connectivity index (χ2v) is 4.78. The van der Waals surface area contributed by atoms with Gasteiger partial charge >= 0.3 is 6.01 Å². The van der Waals surface area contributed by atoms with E-state index >= 15 is 0 Å². The summed E-state index contributed by atoms with van der Waals surface area (Å²) in [5.74, 6) is 1.08. The first-order chi connectivity index (χ1) is 9.10. The lowest BCUT2D eigenvalue weighted by molar-refractivity contribution is 0.430. The molecule has 0 saturated carbocycles. The molecule has 1 heterocycles. The number of ether oxygens (including phenoxy) is 1. The fourth-order valence-electron chi connectivity index (χ4n) is 1.65. The molecule has 0 amide bonds. The topological polar surface area (TPSA) is 47.9 Å². The monoisotopic (exact) mass is 297 g/mol. The molecule has 1 aromatic heterocycles. The second-order valence-electron chi connectivity index (χ2n) is 4.11. The van der Waals surface area contributed by atoms with Crippen LogP contribution >= 0.6 is 23.2 Å². The van der Waals surface area contributed by atoms with Gasteiger partial charge in [0.25, 0.3) is 0 Å². The Bertz CT molecular complexity index is 557. The number of benzene rings is 1. The standard InChI is InChI=1S/C13H13Cl2N3O/c1-3-8(2)9-6-4-5-7-10(9)19-13-17-11(14)16-12(15)18-13/h4-8H,3H2,1-2H3. The number of aromatic nitrogens is 3. The molecule has 0 spiro atoms. The molecule has 0 saturated heterocycles. The third-order valence-electron chi connectivity index (χ3n) is 2.82. The van der Waals surface area contributed by atoms with Gasteiger partial charge in [0, 0.05) is 0 Å². The smallest absolute Gasteiger partial charge is 0.327 e. The van der Waals surface area contributed by atoms with Crippen molar-refractivity contribution in [1.82, 2.24) is 15.0 Å². The molecule has 19 heavy (non-hydrogen) atoms. The molecule has 0 radical (unpaired) electrons. The van der Waals surface area contributed by atoms with Gasteiger partial charge in [-0.2, -0.15) is 15.0 Å². The highest BCUT2D eigenvalue weighted by molar-refractivity contribution is 6.31. The summed E-state index contributed by atoms with van der Waals surface area (Å²) >= 11 is 11.4. The van der Waals surface area contributed by atoms with Gasteiger partial charge in [-0.3, -0.25) is 0 Å². The summed E-state index contributed by atoms with van der Waals surface area (Å²) in [6.07, 6.45) is 1.01. The third-order valence-corrected chi connectivity index (χ3v) is 3.16. The van der Waals surface area contributed by atoms with Crippen molar-refractivity contribution in [3.63, 3.8) is 0 Å². The minimum absolute atomic E-state index is 0.0102. The van der Waals surface area contributed by atoms with Gasteiger partial charge in [-0.15, -0.1) is 0 Å². The average molecular weight is 298 g/mol. The van der Waals surface area contributed by atoms with Crippen LogP contribution in [-0.2, 0) is 0 Å². The number of hydrogen-bond acceptors (Lipinski definition) is 4. The van der Waals surface area contributed by atoms with Gasteiger partial charge in [0.1, 0.15) is 5.75 Å². The minimum Gasteiger partial charge on any atom is -0.424 e. The summed E-state index contributed by atoms with van der Waals surface area (Å²) in [4.78, 5) is 11.5. The Labute approximate surface area is 121 Å². The summed E-state index contributed by atoms with van der Waals surface area (Å²) in [7, 11) is 0. The van der Waals surface area contributed by atoms with Gasteiger partial charge in [-0.25, -0.2) is 0 Å². The Morgan fingerprint density at radius 2 is 1.74 bits per heavy atom. The first-order valence-corrected chi connectivity index (χ1v) is 6.69. The highest BCUT2D eigenvalue weighted by Gasteiger charge is 2.12. The van der Waals surface area contributed by atoms with E-state index in [2.05, 4.69) is 28.8 Å². The zero-order valence-corrected chi connectivity index (χ0v) is 12.1. The number of rotatable bonds is 4. The molecule has 0 bridgehead atoms. The van der Waals surface area contributed by atoms with E-state index < -0.39 is 0 Å². The van der Waals surface area contributed by atoms with E-state index in [4.69, 9.17) is 27.9 Å². The largest absolute Gasteiger partial charge is 0.424 e. The number of nitrogens with zero attached hydrogens (tertiary/aromatic N) is 3. The summed E-state index contributed by atoms with van der Waals surface area (Å²) < 4.78 is 5.66. The Morgan fingerprint density at radius 1 is 1.11 bits per heavy atom. The van der Waals surface area contributed by atoms with Gasteiger partial charge in [0.05, 0.1) is 0 Å². The second kappa shape index (κ2) is 6.17. The van der Waals surface area contributed by atoms with E-state index in [-0.39, 0.29) is 16.6 Å². The Morgan fingerprint density at radius 3 is 2.37 bits per heavy atom. The van der Waals surface area contributed by atoms with Gasteiger partial charge < -0.3 is 4.74 Å². The molecule has 1 atom stereocenters. The van der Waals surface area contributed by atoms with Crippen LogP contribution in [0.2, 0.25) is 10.6 Å². The maximum absolute atomic E-state index is 5.72. The molecule has 0 N–H and O–H groups in total. The zero-order valence-electron chi connectivity index (χ0n) is 10.6. The van der Waals surface area contributed by atoms with Gasteiger partial charge in [0.15, 0.2) is 0 Å². The fraction of sp³-hybridized carbons (Fsp3) is 0.308. The van der Waals surface area contributed by atoms with Crippen LogP contribution < -0.4 is 4.74 Å². The first-order valence-electron chi connectivity index (χ1n) is 5.94. The van der Waals surface area contributed by atoms with E-state index in [1.807, 2.05) is 24.3 Å². The molecule has 2 rings (SSSR count). The van der Waals surface area contributed by atoms with Crippen LogP contribution in [0.5, 0.6) is 11.8 Å². The highest BCUT2D eigenvalue weighted by atomic mass is 35.5. The molecular weight excluding hydrogens is 285 g/mol. The summed E-state index contributed by atoms with van der Waals surface area (Å²) in [5, 5.41) is 0.0204. The molecule has 6 heteroatoms. The molecular formula is C13H13Cl2N3O. The molecule has 0 aliphatic heterocycles. The SMILES string of the molecule is CCC(C)c1ccccc1Oc1nc(Cl)nc(Cl)n1. The van der Waals surface area contributed by atoms with Crippen molar-refractivity contribution < 1.29 is 4.74 Å². The lowest BCUT2D eigenvalue weighted by Crippen LogP contribution is -1.99. The van der Waals surface area contributed by atoms with Crippen LogP contribution in [0.25, 0.3) is 0 Å². The Hall–Kier alpha value is -1.39. The quantitative estimate of drug-likeness (QED) is 0.834. The van der Waals surface area contributed by atoms with Crippen molar-refractivity contribution in [3.05, 3.63) is 40.4 Å². The molecule has 100 valence electrons. The van der Waals surface area contributed by atoms with Crippen molar-refractivity contribution >= 4 is 23.2 Å². The maximum atomic E-state index is 5.72. The van der Waals surface area contributed by atoms with Crippen LogP contribution in [0.1, 0.15) is 31.7 Å². The zero-order chi connectivity index (χ0) is 13.8. The Balaban J connectivity index is 2.32. The maximum Gasteiger partial charge on any atom is 0.327 e. The Kier molecular flexibility index (Phi) is 4.56. The normalized spacial score (nSPS) is 12.2. The van der Waals surface area contributed by atoms with E-state index in [0.717, 1.165) is 12.0 Å². The molecule has 1 aromatic carbocycles.